The molecule has 1 aliphatic heterocycles. The van der Waals surface area contributed by atoms with Crippen molar-refractivity contribution < 1.29 is 14.3 Å². The molecular weight excluding hydrogens is 282 g/mol. The molecule has 2 aliphatic rings. The summed E-state index contributed by atoms with van der Waals surface area (Å²) in [6, 6.07) is 0. The number of ether oxygens (including phenoxy) is 1. The Balaban J connectivity index is 2.03. The first-order valence-electron chi connectivity index (χ1n) is 8.22. The van der Waals surface area contributed by atoms with Crippen molar-refractivity contribution in [2.24, 2.45) is 5.41 Å². The summed E-state index contributed by atoms with van der Waals surface area (Å²) in [5.41, 5.74) is -1.17. The largest absolute Gasteiger partial charge is 0.368 e. The quantitative estimate of drug-likeness (QED) is 0.776. The Bertz CT molecular complexity index is 411. The summed E-state index contributed by atoms with van der Waals surface area (Å²) in [7, 11) is 5.17. The van der Waals surface area contributed by atoms with Crippen molar-refractivity contribution in [2.75, 3.05) is 40.8 Å². The van der Waals surface area contributed by atoms with Crippen LogP contribution in [0.15, 0.2) is 0 Å². The summed E-state index contributed by atoms with van der Waals surface area (Å²) in [5, 5.41) is 6.27. The number of carbonyl (C=O) groups is 2. The molecule has 0 aromatic carbocycles. The van der Waals surface area contributed by atoms with Crippen LogP contribution in [0.25, 0.3) is 0 Å². The first-order valence-corrected chi connectivity index (χ1v) is 8.22. The molecule has 0 unspecified atom stereocenters. The zero-order chi connectivity index (χ0) is 16.2. The normalized spacial score (nSPS) is 23.0. The molecular formula is C16H29N3O3. The topological polar surface area (TPSA) is 70.7 Å². The van der Waals surface area contributed by atoms with E-state index in [2.05, 4.69) is 10.6 Å². The lowest BCUT2D eigenvalue weighted by atomic mass is 9.83. The number of piperidine rings is 1. The van der Waals surface area contributed by atoms with Gasteiger partial charge in [-0.25, -0.2) is 0 Å². The fourth-order valence-electron chi connectivity index (χ4n) is 3.76. The molecule has 0 spiro atoms. The van der Waals surface area contributed by atoms with Crippen LogP contribution in [-0.2, 0) is 14.3 Å². The van der Waals surface area contributed by atoms with Gasteiger partial charge < -0.3 is 20.3 Å². The Morgan fingerprint density at radius 3 is 2.23 bits per heavy atom. The second-order valence-electron chi connectivity index (χ2n) is 6.82. The number of rotatable bonds is 5. The van der Waals surface area contributed by atoms with E-state index in [0.717, 1.165) is 38.8 Å². The number of hydrogen-bond acceptors (Lipinski definition) is 4. The zero-order valence-electron chi connectivity index (χ0n) is 14.0. The van der Waals surface area contributed by atoms with Crippen molar-refractivity contribution >= 4 is 11.8 Å². The van der Waals surface area contributed by atoms with Crippen LogP contribution in [-0.4, -0.2) is 63.2 Å². The van der Waals surface area contributed by atoms with Gasteiger partial charge in [-0.15, -0.1) is 0 Å². The van der Waals surface area contributed by atoms with E-state index in [-0.39, 0.29) is 11.8 Å². The van der Waals surface area contributed by atoms with Gasteiger partial charge in [-0.3, -0.25) is 9.59 Å². The second-order valence-corrected chi connectivity index (χ2v) is 6.82. The molecule has 0 bridgehead atoms. The molecule has 22 heavy (non-hydrogen) atoms. The third kappa shape index (κ3) is 3.27. The minimum atomic E-state index is -0.744. The smallest absolute Gasteiger partial charge is 0.252 e. The summed E-state index contributed by atoms with van der Waals surface area (Å²) in [6.45, 7) is 1.98. The highest BCUT2D eigenvalue weighted by molar-refractivity contribution is 5.87. The Morgan fingerprint density at radius 1 is 1.14 bits per heavy atom. The van der Waals surface area contributed by atoms with Gasteiger partial charge in [0.15, 0.2) is 0 Å². The third-order valence-corrected chi connectivity index (χ3v) is 5.22. The van der Waals surface area contributed by atoms with Crippen molar-refractivity contribution in [3.63, 3.8) is 0 Å². The molecule has 2 fully saturated rings. The van der Waals surface area contributed by atoms with Crippen molar-refractivity contribution in [2.45, 2.75) is 44.1 Å². The van der Waals surface area contributed by atoms with Crippen LogP contribution in [0, 0.1) is 5.41 Å². The standard InChI is InChI=1S/C16H29N3O3/c1-19(2)14(21)15(6-4-5-7-15)12-18-13(20)16(22-3)8-10-17-11-9-16/h17H,4-12H2,1-3H3,(H,18,20). The molecule has 0 aromatic rings. The maximum absolute atomic E-state index is 12.7. The molecule has 1 saturated carbocycles. The van der Waals surface area contributed by atoms with E-state index in [1.54, 1.807) is 26.1 Å². The molecule has 1 heterocycles. The van der Waals surface area contributed by atoms with E-state index in [0.29, 0.717) is 19.4 Å². The fourth-order valence-corrected chi connectivity index (χ4v) is 3.76. The monoisotopic (exact) mass is 311 g/mol. The third-order valence-electron chi connectivity index (χ3n) is 5.22. The molecule has 1 saturated heterocycles. The number of methoxy groups -OCH3 is 1. The SMILES string of the molecule is COC1(C(=O)NCC2(C(=O)N(C)C)CCCC2)CCNCC1. The van der Waals surface area contributed by atoms with Gasteiger partial charge in [0.25, 0.3) is 5.91 Å². The summed E-state index contributed by atoms with van der Waals surface area (Å²) in [5.74, 6) is 0.0522. The van der Waals surface area contributed by atoms with Gasteiger partial charge in [-0.1, -0.05) is 12.8 Å². The second kappa shape index (κ2) is 6.96. The van der Waals surface area contributed by atoms with Crippen molar-refractivity contribution in [1.82, 2.24) is 15.5 Å². The summed E-state index contributed by atoms with van der Waals surface area (Å²) >= 11 is 0. The lowest BCUT2D eigenvalue weighted by Crippen LogP contribution is -2.56. The Morgan fingerprint density at radius 2 is 1.73 bits per heavy atom. The van der Waals surface area contributed by atoms with Gasteiger partial charge in [-0.05, 0) is 38.8 Å². The van der Waals surface area contributed by atoms with Crippen LogP contribution >= 0.6 is 0 Å². The number of carbonyl (C=O) groups excluding carboxylic acids is 2. The van der Waals surface area contributed by atoms with Gasteiger partial charge >= 0.3 is 0 Å². The molecule has 2 amide bonds. The predicted octanol–water partition coefficient (Wildman–Crippen LogP) is 0.520. The maximum Gasteiger partial charge on any atom is 0.252 e. The van der Waals surface area contributed by atoms with Crippen LogP contribution in [0.1, 0.15) is 38.5 Å². The number of nitrogens with zero attached hydrogens (tertiary/aromatic N) is 1. The van der Waals surface area contributed by atoms with Crippen LogP contribution in [0.2, 0.25) is 0 Å². The Hall–Kier alpha value is -1.14. The van der Waals surface area contributed by atoms with Gasteiger partial charge in [0.1, 0.15) is 5.60 Å². The van der Waals surface area contributed by atoms with Crippen LogP contribution in [0.4, 0.5) is 0 Å². The van der Waals surface area contributed by atoms with E-state index in [1.807, 2.05) is 0 Å². The average molecular weight is 311 g/mol. The van der Waals surface area contributed by atoms with Gasteiger partial charge in [0.2, 0.25) is 5.91 Å². The Labute approximate surface area is 132 Å². The summed E-state index contributed by atoms with van der Waals surface area (Å²) in [6.07, 6.45) is 5.15. The first-order chi connectivity index (χ1) is 10.5. The minimum Gasteiger partial charge on any atom is -0.368 e. The summed E-state index contributed by atoms with van der Waals surface area (Å²) in [4.78, 5) is 26.8. The first kappa shape index (κ1) is 17.2. The molecule has 0 aromatic heterocycles. The van der Waals surface area contributed by atoms with Crippen LogP contribution in [0.5, 0.6) is 0 Å². The van der Waals surface area contributed by atoms with E-state index in [1.165, 1.54) is 0 Å². The van der Waals surface area contributed by atoms with E-state index < -0.39 is 11.0 Å². The van der Waals surface area contributed by atoms with Crippen LogP contribution < -0.4 is 10.6 Å². The number of amides is 2. The Kier molecular flexibility index (Phi) is 5.45. The van der Waals surface area contributed by atoms with Gasteiger partial charge in [-0.2, -0.15) is 0 Å². The minimum absolute atomic E-state index is 0.0747. The summed E-state index contributed by atoms with van der Waals surface area (Å²) < 4.78 is 5.55. The van der Waals surface area contributed by atoms with Crippen molar-refractivity contribution in [3.05, 3.63) is 0 Å². The van der Waals surface area contributed by atoms with Gasteiger partial charge in [0.05, 0.1) is 5.41 Å². The maximum atomic E-state index is 12.7. The van der Waals surface area contributed by atoms with Crippen molar-refractivity contribution in [3.8, 4) is 0 Å². The van der Waals surface area contributed by atoms with E-state index in [4.69, 9.17) is 4.74 Å². The van der Waals surface area contributed by atoms with E-state index >= 15 is 0 Å². The predicted molar refractivity (Wildman–Crippen MR) is 84.4 cm³/mol. The van der Waals surface area contributed by atoms with Gasteiger partial charge in [0, 0.05) is 27.7 Å². The highest BCUT2D eigenvalue weighted by atomic mass is 16.5. The molecule has 2 rings (SSSR count). The highest BCUT2D eigenvalue weighted by Gasteiger charge is 2.45. The highest BCUT2D eigenvalue weighted by Crippen LogP contribution is 2.39. The fraction of sp³-hybridized carbons (Fsp3) is 0.875. The van der Waals surface area contributed by atoms with Crippen LogP contribution in [0.3, 0.4) is 0 Å². The van der Waals surface area contributed by atoms with Crippen molar-refractivity contribution in [1.29, 1.82) is 0 Å². The number of hydrogen-bond donors (Lipinski definition) is 2. The molecule has 1 aliphatic carbocycles. The molecule has 2 N–H and O–H groups in total. The molecule has 6 heteroatoms. The number of nitrogens with one attached hydrogen (secondary N) is 2. The molecule has 126 valence electrons. The molecule has 0 radical (unpaired) electrons. The lowest BCUT2D eigenvalue weighted by molar-refractivity contribution is -0.148. The van der Waals surface area contributed by atoms with E-state index in [9.17, 15) is 9.59 Å². The molecule has 0 atom stereocenters. The molecule has 6 nitrogen and oxygen atoms in total. The lowest BCUT2D eigenvalue weighted by Gasteiger charge is -2.37. The zero-order valence-corrected chi connectivity index (χ0v) is 14.0. The average Bonchev–Trinajstić information content (AvgIpc) is 3.02.